The molecule has 2 aromatic rings. The van der Waals surface area contributed by atoms with Crippen molar-refractivity contribution in [2.75, 3.05) is 28.7 Å². The number of hydrogen-bond acceptors (Lipinski definition) is 4. The average Bonchev–Trinajstić information content (AvgIpc) is 2.59. The number of amides is 2. The monoisotopic (exact) mass is 378 g/mol. The fraction of sp³-hybridized carbons (Fsp3) is 0.222. The Morgan fingerprint density at radius 3 is 2.28 bits per heavy atom. The second-order valence-corrected chi connectivity index (χ2v) is 6.42. The van der Waals surface area contributed by atoms with Gasteiger partial charge in [-0.1, -0.05) is 23.7 Å². The first kappa shape index (κ1) is 19.1. The molecule has 0 unspecified atom stereocenters. The summed E-state index contributed by atoms with van der Waals surface area (Å²) in [4.78, 5) is 23.8. The Morgan fingerprint density at radius 2 is 1.64 bits per heavy atom. The van der Waals surface area contributed by atoms with E-state index in [1.165, 1.54) is 11.8 Å². The number of nitrogens with one attached hydrogen (secondary N) is 2. The first-order chi connectivity index (χ1) is 12.1. The molecular formula is C18H19ClN2O3S. The van der Waals surface area contributed by atoms with E-state index in [-0.39, 0.29) is 23.3 Å². The van der Waals surface area contributed by atoms with Gasteiger partial charge in [0.15, 0.2) is 0 Å². The predicted octanol–water partition coefficient (Wildman–Crippen LogP) is 4.05. The Hall–Kier alpha value is -2.18. The van der Waals surface area contributed by atoms with E-state index >= 15 is 0 Å². The van der Waals surface area contributed by atoms with Crippen LogP contribution in [0.3, 0.4) is 0 Å². The molecule has 0 radical (unpaired) electrons. The molecule has 0 aliphatic carbocycles. The largest absolute Gasteiger partial charge is 0.494 e. The number of thioether (sulfide) groups is 1. The normalized spacial score (nSPS) is 10.2. The van der Waals surface area contributed by atoms with Crippen LogP contribution in [0.25, 0.3) is 0 Å². The molecular weight excluding hydrogens is 360 g/mol. The molecule has 2 rings (SSSR count). The van der Waals surface area contributed by atoms with Gasteiger partial charge in [0.1, 0.15) is 5.75 Å². The van der Waals surface area contributed by atoms with Crippen molar-refractivity contribution in [3.8, 4) is 5.75 Å². The summed E-state index contributed by atoms with van der Waals surface area (Å²) in [6, 6.07) is 14.1. The molecule has 132 valence electrons. The fourth-order valence-corrected chi connectivity index (χ4v) is 2.78. The Balaban J connectivity index is 1.71. The number of rotatable bonds is 8. The van der Waals surface area contributed by atoms with Crippen LogP contribution < -0.4 is 15.4 Å². The number of carbonyl (C=O) groups excluding carboxylic acids is 2. The number of carbonyl (C=O) groups is 2. The minimum Gasteiger partial charge on any atom is -0.494 e. The molecule has 0 atom stereocenters. The number of ether oxygens (including phenoxy) is 1. The maximum absolute atomic E-state index is 11.9. The minimum atomic E-state index is -0.202. The second-order valence-electron chi connectivity index (χ2n) is 5.03. The van der Waals surface area contributed by atoms with Crippen molar-refractivity contribution in [2.24, 2.45) is 0 Å². The van der Waals surface area contributed by atoms with Gasteiger partial charge in [-0.2, -0.15) is 0 Å². The summed E-state index contributed by atoms with van der Waals surface area (Å²) in [7, 11) is 0. The summed E-state index contributed by atoms with van der Waals surface area (Å²) in [5.74, 6) is 0.739. The zero-order chi connectivity index (χ0) is 18.1. The maximum Gasteiger partial charge on any atom is 0.234 e. The van der Waals surface area contributed by atoms with Gasteiger partial charge >= 0.3 is 0 Å². The first-order valence-corrected chi connectivity index (χ1v) is 9.26. The van der Waals surface area contributed by atoms with Crippen molar-refractivity contribution in [1.29, 1.82) is 0 Å². The van der Waals surface area contributed by atoms with Gasteiger partial charge in [-0.05, 0) is 43.3 Å². The third kappa shape index (κ3) is 6.68. The molecule has 0 saturated heterocycles. The van der Waals surface area contributed by atoms with Gasteiger partial charge in [-0.3, -0.25) is 9.59 Å². The molecule has 2 N–H and O–H groups in total. The summed E-state index contributed by atoms with van der Waals surface area (Å²) in [6.07, 6.45) is 0. The van der Waals surface area contributed by atoms with Crippen molar-refractivity contribution >= 4 is 46.6 Å². The van der Waals surface area contributed by atoms with Gasteiger partial charge in [0.2, 0.25) is 11.8 Å². The van der Waals surface area contributed by atoms with E-state index in [2.05, 4.69) is 10.6 Å². The van der Waals surface area contributed by atoms with Crippen LogP contribution in [0.1, 0.15) is 6.92 Å². The highest BCUT2D eigenvalue weighted by Gasteiger charge is 2.08. The highest BCUT2D eigenvalue weighted by Crippen LogP contribution is 2.20. The van der Waals surface area contributed by atoms with E-state index < -0.39 is 0 Å². The van der Waals surface area contributed by atoms with Crippen molar-refractivity contribution in [3.63, 3.8) is 0 Å². The Morgan fingerprint density at radius 1 is 1.00 bits per heavy atom. The lowest BCUT2D eigenvalue weighted by atomic mass is 10.3. The van der Waals surface area contributed by atoms with Gasteiger partial charge in [0, 0.05) is 5.69 Å². The van der Waals surface area contributed by atoms with Gasteiger partial charge in [-0.15, -0.1) is 11.8 Å². The van der Waals surface area contributed by atoms with Gasteiger partial charge in [-0.25, -0.2) is 0 Å². The molecule has 2 amide bonds. The molecule has 0 saturated carbocycles. The zero-order valence-electron chi connectivity index (χ0n) is 13.8. The van der Waals surface area contributed by atoms with Crippen molar-refractivity contribution < 1.29 is 14.3 Å². The van der Waals surface area contributed by atoms with Crippen LogP contribution in [0, 0.1) is 0 Å². The van der Waals surface area contributed by atoms with E-state index in [1.54, 1.807) is 48.5 Å². The van der Waals surface area contributed by atoms with Crippen LogP contribution in [0.15, 0.2) is 48.5 Å². The minimum absolute atomic E-state index is 0.167. The zero-order valence-corrected chi connectivity index (χ0v) is 15.3. The Kier molecular flexibility index (Phi) is 7.63. The summed E-state index contributed by atoms with van der Waals surface area (Å²) in [6.45, 7) is 2.51. The highest BCUT2D eigenvalue weighted by molar-refractivity contribution is 8.00. The molecule has 7 heteroatoms. The molecule has 0 fully saturated rings. The molecule has 5 nitrogen and oxygen atoms in total. The van der Waals surface area contributed by atoms with Crippen molar-refractivity contribution in [2.45, 2.75) is 6.92 Å². The summed E-state index contributed by atoms with van der Waals surface area (Å²) in [5, 5.41) is 5.97. The quantitative estimate of drug-likeness (QED) is 0.727. The van der Waals surface area contributed by atoms with Crippen LogP contribution in [0.5, 0.6) is 5.75 Å². The molecule has 0 aliphatic rings. The van der Waals surface area contributed by atoms with Gasteiger partial charge in [0.05, 0.1) is 28.8 Å². The Bertz CT molecular complexity index is 723. The van der Waals surface area contributed by atoms with E-state index in [1.807, 2.05) is 6.92 Å². The summed E-state index contributed by atoms with van der Waals surface area (Å²) < 4.78 is 5.34. The topological polar surface area (TPSA) is 67.4 Å². The molecule has 25 heavy (non-hydrogen) atoms. The molecule has 2 aromatic carbocycles. The molecule has 0 bridgehead atoms. The molecule has 0 heterocycles. The maximum atomic E-state index is 11.9. The predicted molar refractivity (Wildman–Crippen MR) is 104 cm³/mol. The van der Waals surface area contributed by atoms with Crippen molar-refractivity contribution in [3.05, 3.63) is 53.6 Å². The van der Waals surface area contributed by atoms with Gasteiger partial charge < -0.3 is 15.4 Å². The van der Waals surface area contributed by atoms with E-state index in [0.29, 0.717) is 23.0 Å². The van der Waals surface area contributed by atoms with Crippen molar-refractivity contribution in [1.82, 2.24) is 0 Å². The number of benzene rings is 2. The van der Waals surface area contributed by atoms with Crippen LogP contribution in [-0.2, 0) is 9.59 Å². The number of halogens is 1. The fourth-order valence-electron chi connectivity index (χ4n) is 1.98. The first-order valence-electron chi connectivity index (χ1n) is 7.73. The molecule has 0 aromatic heterocycles. The van der Waals surface area contributed by atoms with E-state index in [4.69, 9.17) is 16.3 Å². The van der Waals surface area contributed by atoms with Crippen LogP contribution in [-0.4, -0.2) is 29.9 Å². The lowest BCUT2D eigenvalue weighted by Crippen LogP contribution is -2.18. The summed E-state index contributed by atoms with van der Waals surface area (Å²) >= 11 is 7.21. The molecule has 0 spiro atoms. The number of anilines is 2. The molecule has 0 aliphatic heterocycles. The number of para-hydroxylation sites is 1. The highest BCUT2D eigenvalue weighted by atomic mass is 35.5. The summed E-state index contributed by atoms with van der Waals surface area (Å²) in [5.41, 5.74) is 1.25. The van der Waals surface area contributed by atoms with Crippen LogP contribution in [0.2, 0.25) is 5.02 Å². The van der Waals surface area contributed by atoms with E-state index in [0.717, 1.165) is 5.75 Å². The van der Waals surface area contributed by atoms with Gasteiger partial charge in [0.25, 0.3) is 0 Å². The Labute approximate surface area is 156 Å². The smallest absolute Gasteiger partial charge is 0.234 e. The number of hydrogen-bond donors (Lipinski definition) is 2. The third-order valence-electron chi connectivity index (χ3n) is 3.06. The van der Waals surface area contributed by atoms with E-state index in [9.17, 15) is 9.59 Å². The third-order valence-corrected chi connectivity index (χ3v) is 4.33. The van der Waals surface area contributed by atoms with Crippen LogP contribution >= 0.6 is 23.4 Å². The standard InChI is InChI=1S/C18H19ClN2O3S/c1-2-24-14-9-7-13(8-10-14)20-17(22)11-25-12-18(23)21-16-6-4-3-5-15(16)19/h3-10H,2,11-12H2,1H3,(H,20,22)(H,21,23). The van der Waals surface area contributed by atoms with Crippen LogP contribution in [0.4, 0.5) is 11.4 Å². The lowest BCUT2D eigenvalue weighted by molar-refractivity contribution is -0.114. The second kappa shape index (κ2) is 9.96. The lowest BCUT2D eigenvalue weighted by Gasteiger charge is -2.08. The average molecular weight is 379 g/mol. The SMILES string of the molecule is CCOc1ccc(NC(=O)CSCC(=O)Nc2ccccc2Cl)cc1.